The van der Waals surface area contributed by atoms with Crippen LogP contribution in [0.2, 0.25) is 0 Å². The van der Waals surface area contributed by atoms with E-state index < -0.39 is 28.1 Å². The van der Waals surface area contributed by atoms with Crippen LogP contribution in [-0.4, -0.2) is 26.4 Å². The monoisotopic (exact) mass is 368 g/mol. The van der Waals surface area contributed by atoms with E-state index >= 15 is 0 Å². The molecule has 3 nitrogen and oxygen atoms in total. The van der Waals surface area contributed by atoms with Gasteiger partial charge in [-0.3, -0.25) is 0 Å². The van der Waals surface area contributed by atoms with Crippen LogP contribution in [0, 0.1) is 0 Å². The van der Waals surface area contributed by atoms with Crippen LogP contribution in [-0.2, 0) is 17.4 Å². The molecule has 1 N–H and O–H groups in total. The van der Waals surface area contributed by atoms with E-state index in [9.17, 15) is 13.0 Å². The molecule has 0 saturated carbocycles. The van der Waals surface area contributed by atoms with Crippen LogP contribution < -0.4 is 4.72 Å². The van der Waals surface area contributed by atoms with Gasteiger partial charge in [0.1, 0.15) is 4.60 Å². The minimum absolute atomic E-state index is 0.00485. The van der Waals surface area contributed by atoms with Crippen LogP contribution in [0.3, 0.4) is 0 Å². The number of aromatic nitrogens is 1. The Labute approximate surface area is 129 Å². The lowest BCUT2D eigenvalue weighted by molar-refractivity contribution is -0.00621. The van der Waals surface area contributed by atoms with Gasteiger partial charge in [0, 0.05) is 18.7 Å². The van der Waals surface area contributed by atoms with Gasteiger partial charge < -0.3 is 0 Å². The summed E-state index contributed by atoms with van der Waals surface area (Å²) < 4.78 is 42.0. The fourth-order valence-electron chi connectivity index (χ4n) is 1.45. The quantitative estimate of drug-likeness (QED) is 0.781. The molecular formula is C13H19BrF2N2OS. The third kappa shape index (κ3) is 6.37. The van der Waals surface area contributed by atoms with E-state index in [1.165, 1.54) is 0 Å². The first-order chi connectivity index (χ1) is 9.10. The first kappa shape index (κ1) is 17.7. The lowest BCUT2D eigenvalue weighted by Crippen LogP contribution is -2.36. The Hall–Kier alpha value is -0.400. The van der Waals surface area contributed by atoms with E-state index in [-0.39, 0.29) is 13.0 Å². The van der Waals surface area contributed by atoms with E-state index in [1.54, 1.807) is 39.0 Å². The van der Waals surface area contributed by atoms with E-state index in [0.717, 1.165) is 0 Å². The predicted octanol–water partition coefficient (Wildman–Crippen LogP) is 3.46. The van der Waals surface area contributed by atoms with Gasteiger partial charge in [-0.25, -0.2) is 22.7 Å². The van der Waals surface area contributed by atoms with Gasteiger partial charge in [-0.1, -0.05) is 6.07 Å². The van der Waals surface area contributed by atoms with Crippen molar-refractivity contribution in [3.05, 3.63) is 28.5 Å². The van der Waals surface area contributed by atoms with Gasteiger partial charge in [0.05, 0.1) is 22.2 Å². The lowest BCUT2D eigenvalue weighted by Gasteiger charge is -2.20. The van der Waals surface area contributed by atoms with Crippen LogP contribution in [0.15, 0.2) is 22.8 Å². The van der Waals surface area contributed by atoms with Crippen molar-refractivity contribution in [2.75, 3.05) is 6.54 Å². The Kier molecular flexibility index (Phi) is 6.22. The van der Waals surface area contributed by atoms with Gasteiger partial charge in [0.2, 0.25) is 0 Å². The van der Waals surface area contributed by atoms with Crippen molar-refractivity contribution in [1.29, 1.82) is 0 Å². The Morgan fingerprint density at radius 3 is 2.55 bits per heavy atom. The van der Waals surface area contributed by atoms with Gasteiger partial charge in [0.25, 0.3) is 5.92 Å². The smallest absolute Gasteiger partial charge is 0.246 e. The summed E-state index contributed by atoms with van der Waals surface area (Å²) in [4.78, 5) is 4.00. The number of halogens is 3. The Balaban J connectivity index is 2.48. The number of nitrogens with zero attached hydrogens (tertiary/aromatic N) is 1. The minimum atomic E-state index is -2.87. The molecule has 0 aliphatic heterocycles. The summed E-state index contributed by atoms with van der Waals surface area (Å²) in [6.07, 6.45) is -0.792. The van der Waals surface area contributed by atoms with E-state index in [4.69, 9.17) is 0 Å². The van der Waals surface area contributed by atoms with E-state index in [1.807, 2.05) is 0 Å². The van der Waals surface area contributed by atoms with Gasteiger partial charge in [-0.2, -0.15) is 0 Å². The largest absolute Gasteiger partial charge is 0.254 e. The lowest BCUT2D eigenvalue weighted by atomic mass is 10.1. The zero-order valence-electron chi connectivity index (χ0n) is 11.8. The second-order valence-electron chi connectivity index (χ2n) is 5.51. The van der Waals surface area contributed by atoms with Crippen LogP contribution in [0.5, 0.6) is 0 Å². The van der Waals surface area contributed by atoms with Crippen molar-refractivity contribution >= 4 is 26.9 Å². The highest BCUT2D eigenvalue weighted by Gasteiger charge is 2.30. The standard InChI is InChI=1S/C13H19BrF2N2OS/c1-12(2,3)20(19)17-8-7-13(15,16)9-10-5-4-6-11(14)18-10/h4-6,17H,7-9H2,1-3H3. The molecule has 1 atom stereocenters. The molecule has 0 spiro atoms. The molecule has 0 aromatic carbocycles. The SMILES string of the molecule is CC(C)(C)S(=O)NCCC(F)(F)Cc1cccc(Br)n1. The van der Waals surface area contributed by atoms with Crippen molar-refractivity contribution in [1.82, 2.24) is 9.71 Å². The molecule has 1 aromatic rings. The van der Waals surface area contributed by atoms with Gasteiger partial charge in [0.15, 0.2) is 0 Å². The molecule has 1 heterocycles. The number of pyridine rings is 1. The summed E-state index contributed by atoms with van der Waals surface area (Å²) >= 11 is 3.15. The van der Waals surface area contributed by atoms with Crippen LogP contribution in [0.4, 0.5) is 8.78 Å². The van der Waals surface area contributed by atoms with Crippen molar-refractivity contribution in [2.24, 2.45) is 0 Å². The highest BCUT2D eigenvalue weighted by Crippen LogP contribution is 2.23. The molecule has 20 heavy (non-hydrogen) atoms. The highest BCUT2D eigenvalue weighted by atomic mass is 79.9. The predicted molar refractivity (Wildman–Crippen MR) is 81.1 cm³/mol. The molecular weight excluding hydrogens is 350 g/mol. The fraction of sp³-hybridized carbons (Fsp3) is 0.615. The number of nitrogens with one attached hydrogen (secondary N) is 1. The van der Waals surface area contributed by atoms with E-state index in [2.05, 4.69) is 25.6 Å². The fourth-order valence-corrected chi connectivity index (χ4v) is 2.55. The average Bonchev–Trinajstić information content (AvgIpc) is 2.26. The molecule has 0 radical (unpaired) electrons. The number of rotatable bonds is 6. The Bertz CT molecular complexity index is 478. The average molecular weight is 369 g/mol. The molecule has 0 fully saturated rings. The van der Waals surface area contributed by atoms with Crippen molar-refractivity contribution in [3.63, 3.8) is 0 Å². The van der Waals surface area contributed by atoms with Gasteiger partial charge in [-0.15, -0.1) is 0 Å². The molecule has 1 unspecified atom stereocenters. The summed E-state index contributed by atoms with van der Waals surface area (Å²) in [7, 11) is -1.33. The number of hydrogen-bond donors (Lipinski definition) is 1. The Morgan fingerprint density at radius 2 is 2.00 bits per heavy atom. The second-order valence-corrected chi connectivity index (χ2v) is 8.37. The van der Waals surface area contributed by atoms with E-state index in [0.29, 0.717) is 10.3 Å². The number of alkyl halides is 2. The maximum Gasteiger partial charge on any atom is 0.254 e. The molecule has 0 aliphatic carbocycles. The van der Waals surface area contributed by atoms with Crippen molar-refractivity contribution in [2.45, 2.75) is 44.3 Å². The second kappa shape index (κ2) is 7.04. The molecule has 1 rings (SSSR count). The summed E-state index contributed by atoms with van der Waals surface area (Å²) in [5, 5.41) is 0. The molecule has 0 bridgehead atoms. The maximum absolute atomic E-state index is 13.8. The molecule has 1 aromatic heterocycles. The first-order valence-corrected chi connectivity index (χ1v) is 8.19. The molecule has 0 amide bonds. The third-order valence-electron chi connectivity index (χ3n) is 2.49. The summed E-state index contributed by atoms with van der Waals surface area (Å²) in [5.41, 5.74) is 0.335. The molecule has 7 heteroatoms. The topological polar surface area (TPSA) is 42.0 Å². The molecule has 114 valence electrons. The van der Waals surface area contributed by atoms with Crippen molar-refractivity contribution < 1.29 is 13.0 Å². The highest BCUT2D eigenvalue weighted by molar-refractivity contribution is 9.10. The first-order valence-electron chi connectivity index (χ1n) is 6.25. The normalized spacial score (nSPS) is 14.3. The molecule has 0 aliphatic rings. The van der Waals surface area contributed by atoms with Crippen LogP contribution in [0.25, 0.3) is 0 Å². The molecule has 0 saturated heterocycles. The van der Waals surface area contributed by atoms with Crippen molar-refractivity contribution in [3.8, 4) is 0 Å². The van der Waals surface area contributed by atoms with Crippen LogP contribution in [0.1, 0.15) is 32.9 Å². The summed E-state index contributed by atoms with van der Waals surface area (Å²) in [6.45, 7) is 5.38. The van der Waals surface area contributed by atoms with Gasteiger partial charge in [-0.05, 0) is 48.8 Å². The third-order valence-corrected chi connectivity index (χ3v) is 4.51. The zero-order chi connectivity index (χ0) is 15.4. The van der Waals surface area contributed by atoms with Crippen LogP contribution >= 0.6 is 15.9 Å². The maximum atomic E-state index is 13.8. The minimum Gasteiger partial charge on any atom is -0.246 e. The Morgan fingerprint density at radius 1 is 1.35 bits per heavy atom. The summed E-state index contributed by atoms with van der Waals surface area (Å²) in [5.74, 6) is -2.87. The summed E-state index contributed by atoms with van der Waals surface area (Å²) in [6, 6.07) is 4.94. The number of hydrogen-bond acceptors (Lipinski definition) is 2. The zero-order valence-corrected chi connectivity index (χ0v) is 14.2. The van der Waals surface area contributed by atoms with Gasteiger partial charge >= 0.3 is 0 Å².